The van der Waals surface area contributed by atoms with E-state index in [1.54, 1.807) is 6.92 Å². The number of halogens is 2. The second-order valence-electron chi connectivity index (χ2n) is 3.56. The Morgan fingerprint density at radius 3 is 2.39 bits per heavy atom. The molecule has 18 heavy (non-hydrogen) atoms. The average Bonchev–Trinajstić information content (AvgIpc) is 2.61. The van der Waals surface area contributed by atoms with Gasteiger partial charge in [-0.3, -0.25) is 5.32 Å². The van der Waals surface area contributed by atoms with Crippen LogP contribution in [-0.4, -0.2) is 11.2 Å². The summed E-state index contributed by atoms with van der Waals surface area (Å²) < 4.78 is 30.5. The first-order valence-electron chi connectivity index (χ1n) is 5.00. The number of carbonyl (C=O) groups is 1. The van der Waals surface area contributed by atoms with Crippen molar-refractivity contribution in [1.82, 2.24) is 5.16 Å². The monoisotopic (exact) mass is 253 g/mol. The molecule has 0 radical (unpaired) electrons. The summed E-state index contributed by atoms with van der Waals surface area (Å²) >= 11 is 0. The molecular formula is C11H9F2N3O2. The zero-order valence-electron chi connectivity index (χ0n) is 9.33. The van der Waals surface area contributed by atoms with Gasteiger partial charge in [-0.05, 0) is 19.1 Å². The van der Waals surface area contributed by atoms with Crippen molar-refractivity contribution >= 4 is 17.5 Å². The van der Waals surface area contributed by atoms with E-state index < -0.39 is 17.7 Å². The van der Waals surface area contributed by atoms with Gasteiger partial charge in [0.1, 0.15) is 17.4 Å². The van der Waals surface area contributed by atoms with Gasteiger partial charge < -0.3 is 9.84 Å². The minimum absolute atomic E-state index is 0.00483. The first-order chi connectivity index (χ1) is 8.52. The van der Waals surface area contributed by atoms with Gasteiger partial charge in [0, 0.05) is 17.8 Å². The highest BCUT2D eigenvalue weighted by Crippen LogP contribution is 2.13. The number of rotatable bonds is 2. The summed E-state index contributed by atoms with van der Waals surface area (Å²) in [5, 5.41) is 8.16. The maximum Gasteiger partial charge on any atom is 0.324 e. The van der Waals surface area contributed by atoms with Gasteiger partial charge in [0.15, 0.2) is 5.82 Å². The molecule has 0 bridgehead atoms. The van der Waals surface area contributed by atoms with Crippen LogP contribution in [0, 0.1) is 18.6 Å². The topological polar surface area (TPSA) is 67.2 Å². The molecule has 0 saturated heterocycles. The van der Waals surface area contributed by atoms with Gasteiger partial charge in [-0.1, -0.05) is 5.16 Å². The van der Waals surface area contributed by atoms with E-state index in [1.807, 2.05) is 0 Å². The van der Waals surface area contributed by atoms with Crippen LogP contribution in [0.3, 0.4) is 0 Å². The van der Waals surface area contributed by atoms with E-state index in [-0.39, 0.29) is 11.5 Å². The molecule has 0 atom stereocenters. The van der Waals surface area contributed by atoms with Crippen LogP contribution >= 0.6 is 0 Å². The largest absolute Gasteiger partial charge is 0.360 e. The summed E-state index contributed by atoms with van der Waals surface area (Å²) in [6, 6.07) is 3.54. The van der Waals surface area contributed by atoms with Crippen LogP contribution in [0.1, 0.15) is 5.76 Å². The van der Waals surface area contributed by atoms with Crippen LogP contribution in [0.5, 0.6) is 0 Å². The molecule has 0 saturated carbocycles. The summed E-state index contributed by atoms with van der Waals surface area (Å²) in [4.78, 5) is 11.5. The molecule has 0 aliphatic heterocycles. The van der Waals surface area contributed by atoms with Crippen LogP contribution < -0.4 is 10.6 Å². The fourth-order valence-electron chi connectivity index (χ4n) is 1.33. The Balaban J connectivity index is 2.02. The molecule has 2 amide bonds. The molecule has 0 unspecified atom stereocenters. The van der Waals surface area contributed by atoms with E-state index in [1.165, 1.54) is 6.07 Å². The molecule has 2 aromatic rings. The highest BCUT2D eigenvalue weighted by Gasteiger charge is 2.07. The fourth-order valence-corrected chi connectivity index (χ4v) is 1.33. The van der Waals surface area contributed by atoms with E-state index in [0.717, 1.165) is 12.1 Å². The second kappa shape index (κ2) is 4.82. The smallest absolute Gasteiger partial charge is 0.324 e. The van der Waals surface area contributed by atoms with E-state index in [0.29, 0.717) is 11.8 Å². The number of urea groups is 1. The maximum atomic E-state index is 12.9. The van der Waals surface area contributed by atoms with Gasteiger partial charge in [0.05, 0.1) is 0 Å². The quantitative estimate of drug-likeness (QED) is 0.864. The van der Waals surface area contributed by atoms with Crippen LogP contribution in [0.15, 0.2) is 28.8 Å². The summed E-state index contributed by atoms with van der Waals surface area (Å²) in [5.41, 5.74) is 0.00483. The Bertz CT molecular complexity index is 563. The van der Waals surface area contributed by atoms with Crippen LogP contribution in [0.2, 0.25) is 0 Å². The molecule has 94 valence electrons. The molecule has 1 aromatic carbocycles. The zero-order valence-corrected chi connectivity index (χ0v) is 9.33. The predicted molar refractivity (Wildman–Crippen MR) is 60.2 cm³/mol. The van der Waals surface area contributed by atoms with Crippen molar-refractivity contribution in [3.63, 3.8) is 0 Å². The van der Waals surface area contributed by atoms with E-state index in [2.05, 4.69) is 15.8 Å². The third kappa shape index (κ3) is 3.03. The number of nitrogens with one attached hydrogen (secondary N) is 2. The van der Waals surface area contributed by atoms with Crippen molar-refractivity contribution in [3.8, 4) is 0 Å². The number of hydrogen-bond donors (Lipinski definition) is 2. The Kier molecular flexibility index (Phi) is 3.22. The first-order valence-corrected chi connectivity index (χ1v) is 5.00. The lowest BCUT2D eigenvalue weighted by Crippen LogP contribution is -2.19. The number of anilines is 2. The maximum absolute atomic E-state index is 12.9. The van der Waals surface area contributed by atoms with Gasteiger partial charge in [0.25, 0.3) is 0 Å². The SMILES string of the molecule is Cc1cc(NC(=O)Nc2cc(F)cc(F)c2)no1. The van der Waals surface area contributed by atoms with Crippen molar-refractivity contribution in [2.75, 3.05) is 10.6 Å². The van der Waals surface area contributed by atoms with Crippen LogP contribution in [0.25, 0.3) is 0 Å². The van der Waals surface area contributed by atoms with Crippen LogP contribution in [-0.2, 0) is 0 Å². The molecular weight excluding hydrogens is 244 g/mol. The number of amides is 2. The van der Waals surface area contributed by atoms with E-state index >= 15 is 0 Å². The number of aryl methyl sites for hydroxylation is 1. The summed E-state index contributed by atoms with van der Waals surface area (Å²) in [6.07, 6.45) is 0. The molecule has 0 aliphatic carbocycles. The molecule has 1 heterocycles. The summed E-state index contributed by atoms with van der Waals surface area (Å²) in [5.74, 6) is -0.811. The normalized spacial score (nSPS) is 10.2. The molecule has 7 heteroatoms. The fraction of sp³-hybridized carbons (Fsp3) is 0.0909. The minimum atomic E-state index is -0.775. The number of carbonyl (C=O) groups excluding carboxylic acids is 1. The summed E-state index contributed by atoms with van der Waals surface area (Å²) in [6.45, 7) is 1.66. The Morgan fingerprint density at radius 1 is 1.17 bits per heavy atom. The lowest BCUT2D eigenvalue weighted by molar-refractivity contribution is 0.262. The molecule has 0 spiro atoms. The second-order valence-corrected chi connectivity index (χ2v) is 3.56. The third-order valence-corrected chi connectivity index (χ3v) is 1.99. The van der Waals surface area contributed by atoms with Crippen molar-refractivity contribution in [3.05, 3.63) is 41.7 Å². The van der Waals surface area contributed by atoms with Gasteiger partial charge in [-0.25, -0.2) is 13.6 Å². The number of benzene rings is 1. The molecule has 2 N–H and O–H groups in total. The third-order valence-electron chi connectivity index (χ3n) is 1.99. The van der Waals surface area contributed by atoms with E-state index in [4.69, 9.17) is 4.52 Å². The van der Waals surface area contributed by atoms with Crippen molar-refractivity contribution in [2.45, 2.75) is 6.92 Å². The molecule has 2 rings (SSSR count). The van der Waals surface area contributed by atoms with Crippen molar-refractivity contribution in [2.24, 2.45) is 0 Å². The Morgan fingerprint density at radius 2 is 1.83 bits per heavy atom. The van der Waals surface area contributed by atoms with Crippen molar-refractivity contribution in [1.29, 1.82) is 0 Å². The lowest BCUT2D eigenvalue weighted by atomic mass is 10.3. The average molecular weight is 253 g/mol. The van der Waals surface area contributed by atoms with Gasteiger partial charge in [0.2, 0.25) is 0 Å². The van der Waals surface area contributed by atoms with Crippen molar-refractivity contribution < 1.29 is 18.1 Å². The molecule has 0 aliphatic rings. The highest BCUT2D eigenvalue weighted by molar-refractivity contribution is 5.99. The highest BCUT2D eigenvalue weighted by atomic mass is 19.1. The first kappa shape index (κ1) is 12.0. The Labute approximate surface area is 101 Å². The van der Waals surface area contributed by atoms with Gasteiger partial charge in [-0.2, -0.15) is 0 Å². The zero-order chi connectivity index (χ0) is 13.1. The molecule has 5 nitrogen and oxygen atoms in total. The van der Waals surface area contributed by atoms with E-state index in [9.17, 15) is 13.6 Å². The van der Waals surface area contributed by atoms with Gasteiger partial charge >= 0.3 is 6.03 Å². The molecule has 0 fully saturated rings. The predicted octanol–water partition coefficient (Wildman–Crippen LogP) is 2.91. The number of nitrogens with zero attached hydrogens (tertiary/aromatic N) is 1. The summed E-state index contributed by atoms with van der Waals surface area (Å²) in [7, 11) is 0. The van der Waals surface area contributed by atoms with Gasteiger partial charge in [-0.15, -0.1) is 0 Å². The molecule has 1 aromatic heterocycles. The lowest BCUT2D eigenvalue weighted by Gasteiger charge is -2.05. The van der Waals surface area contributed by atoms with Crippen LogP contribution in [0.4, 0.5) is 25.1 Å². The number of hydrogen-bond acceptors (Lipinski definition) is 3. The Hall–Kier alpha value is -2.44. The standard InChI is InChI=1S/C11H9F2N3O2/c1-6-2-10(16-18-6)15-11(17)14-9-4-7(12)3-8(13)5-9/h2-5H,1H3,(H2,14,15,16,17). The minimum Gasteiger partial charge on any atom is -0.360 e. The number of aromatic nitrogens is 1.